The molecule has 0 saturated carbocycles. The summed E-state index contributed by atoms with van der Waals surface area (Å²) in [6.45, 7) is -0.150. The number of nitrogens with one attached hydrogen (secondary N) is 2. The van der Waals surface area contributed by atoms with Crippen LogP contribution >= 0.6 is 0 Å². The molecule has 0 aliphatic heterocycles. The second-order valence-corrected chi connectivity index (χ2v) is 6.20. The third-order valence-corrected chi connectivity index (χ3v) is 4.58. The lowest BCUT2D eigenvalue weighted by Crippen LogP contribution is -2.27. The minimum atomic E-state index is -0.284. The van der Waals surface area contributed by atoms with Gasteiger partial charge in [-0.3, -0.25) is 9.59 Å². The van der Waals surface area contributed by atoms with Crippen LogP contribution in [0.15, 0.2) is 36.4 Å². The van der Waals surface area contributed by atoms with Crippen LogP contribution < -0.4 is 20.1 Å². The summed E-state index contributed by atoms with van der Waals surface area (Å²) in [5, 5.41) is 5.40. The van der Waals surface area contributed by atoms with Crippen molar-refractivity contribution in [2.45, 2.75) is 18.9 Å². The first-order valence-electron chi connectivity index (χ1n) is 8.63. The Bertz CT molecular complexity index is 869. The summed E-state index contributed by atoms with van der Waals surface area (Å²) >= 11 is 0. The summed E-state index contributed by atoms with van der Waals surface area (Å²) in [6, 6.07) is 9.43. The Morgan fingerprint density at radius 1 is 1.22 bits per heavy atom. The van der Waals surface area contributed by atoms with E-state index in [2.05, 4.69) is 10.6 Å². The minimum Gasteiger partial charge on any atom is -0.493 e. The largest absolute Gasteiger partial charge is 0.493 e. The molecule has 1 aliphatic carbocycles. The zero-order chi connectivity index (χ0) is 19.4. The van der Waals surface area contributed by atoms with E-state index in [0.29, 0.717) is 35.5 Å². The second-order valence-electron chi connectivity index (χ2n) is 6.20. The number of likely N-dealkylation sites (N-methyl/N-ethyl adjacent to an activating group) is 1. The standard InChI is InChI=1S/C20H21FN2O4/c1-22-19(24)11-27-17-9-6-12(10-18(17)26-2)20(25)23-16-8-7-13-14(16)4-3-5-15(13)21/h3-6,9-10,16H,7-8,11H2,1-2H3,(H,22,24)(H,23,25). The van der Waals surface area contributed by atoms with E-state index in [0.717, 1.165) is 5.56 Å². The van der Waals surface area contributed by atoms with Gasteiger partial charge in [0.2, 0.25) is 0 Å². The number of halogens is 1. The van der Waals surface area contributed by atoms with Crippen molar-refractivity contribution < 1.29 is 23.5 Å². The molecule has 0 saturated heterocycles. The molecule has 1 aliphatic rings. The zero-order valence-electron chi connectivity index (χ0n) is 15.2. The lowest BCUT2D eigenvalue weighted by atomic mass is 10.1. The van der Waals surface area contributed by atoms with Gasteiger partial charge in [-0.2, -0.15) is 0 Å². The minimum absolute atomic E-state index is 0.150. The predicted octanol–water partition coefficient (Wildman–Crippen LogP) is 2.38. The van der Waals surface area contributed by atoms with E-state index in [4.69, 9.17) is 9.47 Å². The van der Waals surface area contributed by atoms with Gasteiger partial charge in [-0.1, -0.05) is 12.1 Å². The van der Waals surface area contributed by atoms with Gasteiger partial charge in [0.1, 0.15) is 5.82 Å². The van der Waals surface area contributed by atoms with Crippen LogP contribution in [0.1, 0.15) is 33.9 Å². The van der Waals surface area contributed by atoms with E-state index in [1.54, 1.807) is 24.3 Å². The topological polar surface area (TPSA) is 76.7 Å². The lowest BCUT2D eigenvalue weighted by molar-refractivity contribution is -0.122. The number of benzene rings is 2. The third-order valence-electron chi connectivity index (χ3n) is 4.58. The number of carbonyl (C=O) groups excluding carboxylic acids is 2. The summed E-state index contributed by atoms with van der Waals surface area (Å²) in [4.78, 5) is 23.9. The maximum atomic E-state index is 13.9. The number of hydrogen-bond acceptors (Lipinski definition) is 4. The molecule has 0 heterocycles. The quantitative estimate of drug-likeness (QED) is 0.816. The molecule has 2 aromatic rings. The molecule has 27 heavy (non-hydrogen) atoms. The molecule has 6 nitrogen and oxygen atoms in total. The predicted molar refractivity (Wildman–Crippen MR) is 97.5 cm³/mol. The first-order valence-corrected chi connectivity index (χ1v) is 8.63. The highest BCUT2D eigenvalue weighted by molar-refractivity contribution is 5.95. The fourth-order valence-electron chi connectivity index (χ4n) is 3.14. The molecular formula is C20H21FN2O4. The van der Waals surface area contributed by atoms with Crippen LogP contribution in [0.3, 0.4) is 0 Å². The van der Waals surface area contributed by atoms with Crippen LogP contribution in [0, 0.1) is 5.82 Å². The maximum absolute atomic E-state index is 13.9. The average molecular weight is 372 g/mol. The Morgan fingerprint density at radius 3 is 2.78 bits per heavy atom. The molecule has 0 fully saturated rings. The highest BCUT2D eigenvalue weighted by Gasteiger charge is 2.26. The molecule has 2 amide bonds. The van der Waals surface area contributed by atoms with Crippen molar-refractivity contribution in [2.75, 3.05) is 20.8 Å². The van der Waals surface area contributed by atoms with Crippen molar-refractivity contribution in [1.82, 2.24) is 10.6 Å². The van der Waals surface area contributed by atoms with Gasteiger partial charge in [0.25, 0.3) is 11.8 Å². The van der Waals surface area contributed by atoms with Gasteiger partial charge < -0.3 is 20.1 Å². The van der Waals surface area contributed by atoms with Gasteiger partial charge in [-0.05, 0) is 48.2 Å². The summed E-state index contributed by atoms with van der Waals surface area (Å²) in [7, 11) is 2.98. The molecule has 0 bridgehead atoms. The van der Waals surface area contributed by atoms with E-state index >= 15 is 0 Å². The van der Waals surface area contributed by atoms with Crippen LogP contribution in [-0.2, 0) is 11.2 Å². The fourth-order valence-corrected chi connectivity index (χ4v) is 3.14. The lowest BCUT2D eigenvalue weighted by Gasteiger charge is -2.16. The maximum Gasteiger partial charge on any atom is 0.257 e. The highest BCUT2D eigenvalue weighted by Crippen LogP contribution is 2.33. The first kappa shape index (κ1) is 18.7. The molecule has 2 aromatic carbocycles. The average Bonchev–Trinajstić information content (AvgIpc) is 3.10. The molecule has 7 heteroatoms. The number of rotatable bonds is 6. The summed E-state index contributed by atoms with van der Waals surface area (Å²) < 4.78 is 24.5. The SMILES string of the molecule is CNC(=O)COc1ccc(C(=O)NC2CCc3c(F)cccc32)cc1OC. The Balaban J connectivity index is 1.72. The molecule has 3 rings (SSSR count). The summed E-state index contributed by atoms with van der Waals surface area (Å²) in [5.41, 5.74) is 1.88. The van der Waals surface area contributed by atoms with Crippen molar-refractivity contribution in [1.29, 1.82) is 0 Å². The second kappa shape index (κ2) is 8.07. The number of ether oxygens (including phenoxy) is 2. The van der Waals surface area contributed by atoms with Gasteiger partial charge in [0.15, 0.2) is 18.1 Å². The van der Waals surface area contributed by atoms with Crippen molar-refractivity contribution in [3.63, 3.8) is 0 Å². The number of hydrogen-bond donors (Lipinski definition) is 2. The van der Waals surface area contributed by atoms with Gasteiger partial charge in [-0.15, -0.1) is 0 Å². The summed E-state index contributed by atoms with van der Waals surface area (Å²) in [6.07, 6.45) is 1.26. The Hall–Kier alpha value is -3.09. The van der Waals surface area contributed by atoms with Crippen molar-refractivity contribution >= 4 is 11.8 Å². The van der Waals surface area contributed by atoms with Gasteiger partial charge >= 0.3 is 0 Å². The molecule has 0 aromatic heterocycles. The van der Waals surface area contributed by atoms with Gasteiger partial charge in [-0.25, -0.2) is 4.39 Å². The van der Waals surface area contributed by atoms with Crippen LogP contribution in [0.5, 0.6) is 11.5 Å². The van der Waals surface area contributed by atoms with Crippen molar-refractivity contribution in [3.05, 3.63) is 58.9 Å². The molecule has 0 radical (unpaired) electrons. The highest BCUT2D eigenvalue weighted by atomic mass is 19.1. The number of amides is 2. The van der Waals surface area contributed by atoms with Gasteiger partial charge in [0, 0.05) is 12.6 Å². The Labute approximate surface area is 156 Å². The Morgan fingerprint density at radius 2 is 2.04 bits per heavy atom. The smallest absolute Gasteiger partial charge is 0.257 e. The summed E-state index contributed by atoms with van der Waals surface area (Å²) in [5.74, 6) is -0.0712. The molecule has 0 spiro atoms. The molecule has 2 N–H and O–H groups in total. The van der Waals surface area contributed by atoms with Crippen LogP contribution in [0.2, 0.25) is 0 Å². The molecular weight excluding hydrogens is 351 g/mol. The Kier molecular flexibility index (Phi) is 5.59. The van der Waals surface area contributed by atoms with Crippen molar-refractivity contribution in [3.8, 4) is 11.5 Å². The van der Waals surface area contributed by atoms with Gasteiger partial charge in [0.05, 0.1) is 13.2 Å². The molecule has 1 unspecified atom stereocenters. The van der Waals surface area contributed by atoms with E-state index in [9.17, 15) is 14.0 Å². The number of fused-ring (bicyclic) bond motifs is 1. The third kappa shape index (κ3) is 4.02. The zero-order valence-corrected chi connectivity index (χ0v) is 15.2. The first-order chi connectivity index (χ1) is 13.0. The fraction of sp³-hybridized carbons (Fsp3) is 0.300. The van der Waals surface area contributed by atoms with Crippen LogP contribution in [-0.4, -0.2) is 32.6 Å². The number of carbonyl (C=O) groups is 2. The van der Waals surface area contributed by atoms with Crippen molar-refractivity contribution in [2.24, 2.45) is 0 Å². The molecule has 142 valence electrons. The van der Waals surface area contributed by atoms with Crippen LogP contribution in [0.25, 0.3) is 0 Å². The molecule has 1 atom stereocenters. The van der Waals surface area contributed by atoms with Crippen LogP contribution in [0.4, 0.5) is 4.39 Å². The number of methoxy groups -OCH3 is 1. The normalized spacial score (nSPS) is 15.0. The van der Waals surface area contributed by atoms with E-state index in [-0.39, 0.29) is 30.3 Å². The monoisotopic (exact) mass is 372 g/mol. The van der Waals surface area contributed by atoms with E-state index < -0.39 is 0 Å². The van der Waals surface area contributed by atoms with E-state index in [1.165, 1.54) is 20.2 Å². The van der Waals surface area contributed by atoms with E-state index in [1.807, 2.05) is 6.07 Å².